The van der Waals surface area contributed by atoms with Crippen LogP contribution in [0.3, 0.4) is 0 Å². The van der Waals surface area contributed by atoms with Gasteiger partial charge in [0, 0.05) is 17.2 Å². The van der Waals surface area contributed by atoms with Gasteiger partial charge in [0.2, 0.25) is 0 Å². The van der Waals surface area contributed by atoms with Crippen LogP contribution in [0.15, 0.2) is 30.3 Å². The summed E-state index contributed by atoms with van der Waals surface area (Å²) >= 11 is 12.3. The van der Waals surface area contributed by atoms with Crippen LogP contribution in [-0.4, -0.2) is 14.2 Å². The maximum atomic E-state index is 13.8. The number of hydrogen-bond acceptors (Lipinski definition) is 2. The van der Waals surface area contributed by atoms with Crippen molar-refractivity contribution < 1.29 is 13.9 Å². The molecule has 0 radical (unpaired) electrons. The Labute approximate surface area is 132 Å². The van der Waals surface area contributed by atoms with E-state index in [2.05, 4.69) is 0 Å². The average molecular weight is 327 g/mol. The number of halogens is 3. The van der Waals surface area contributed by atoms with Crippen molar-refractivity contribution in [1.82, 2.24) is 0 Å². The molecule has 0 atom stereocenters. The molecule has 0 unspecified atom stereocenters. The number of rotatable bonds is 4. The van der Waals surface area contributed by atoms with Crippen LogP contribution in [0, 0.1) is 5.82 Å². The molecular formula is C16H13Cl2FO2. The van der Waals surface area contributed by atoms with Crippen LogP contribution in [0.1, 0.15) is 11.1 Å². The van der Waals surface area contributed by atoms with Crippen molar-refractivity contribution in [2.24, 2.45) is 0 Å². The minimum absolute atomic E-state index is 0.383. The number of benzene rings is 2. The van der Waals surface area contributed by atoms with Gasteiger partial charge < -0.3 is 9.47 Å². The van der Waals surface area contributed by atoms with Crippen molar-refractivity contribution in [3.63, 3.8) is 0 Å². The zero-order valence-electron chi connectivity index (χ0n) is 11.5. The molecule has 5 heteroatoms. The van der Waals surface area contributed by atoms with Crippen LogP contribution in [0.5, 0.6) is 11.5 Å². The fourth-order valence-electron chi connectivity index (χ4n) is 1.78. The summed E-state index contributed by atoms with van der Waals surface area (Å²) in [5.41, 5.74) is 1.02. The molecular weight excluding hydrogens is 314 g/mol. The van der Waals surface area contributed by atoms with Crippen LogP contribution >= 0.6 is 23.2 Å². The molecule has 0 aliphatic carbocycles. The first kappa shape index (κ1) is 15.7. The molecule has 2 aromatic carbocycles. The Morgan fingerprint density at radius 1 is 0.905 bits per heavy atom. The molecule has 0 aliphatic rings. The number of methoxy groups -OCH3 is 2. The molecule has 0 saturated heterocycles. The van der Waals surface area contributed by atoms with Crippen molar-refractivity contribution in [2.45, 2.75) is 0 Å². The molecule has 0 aromatic heterocycles. The predicted molar refractivity (Wildman–Crippen MR) is 84.9 cm³/mol. The van der Waals surface area contributed by atoms with Crippen molar-refractivity contribution in [2.75, 3.05) is 14.2 Å². The van der Waals surface area contributed by atoms with Crippen molar-refractivity contribution in [1.29, 1.82) is 0 Å². The van der Waals surface area contributed by atoms with Gasteiger partial charge in [0.25, 0.3) is 0 Å². The molecule has 0 heterocycles. The number of ether oxygens (including phenoxy) is 2. The quantitative estimate of drug-likeness (QED) is 0.708. The van der Waals surface area contributed by atoms with Crippen molar-refractivity contribution in [3.05, 3.63) is 57.3 Å². The molecule has 0 spiro atoms. The molecule has 0 amide bonds. The Hall–Kier alpha value is -1.71. The summed E-state index contributed by atoms with van der Waals surface area (Å²) in [5, 5.41) is 0.869. The average Bonchev–Trinajstić information content (AvgIpc) is 2.47. The molecule has 110 valence electrons. The predicted octanol–water partition coefficient (Wildman–Crippen LogP) is 5.32. The maximum absolute atomic E-state index is 13.8. The number of hydrogen-bond donors (Lipinski definition) is 0. The van der Waals surface area contributed by atoms with E-state index in [0.717, 1.165) is 0 Å². The third kappa shape index (κ3) is 3.69. The van der Waals surface area contributed by atoms with Gasteiger partial charge in [-0.05, 0) is 24.3 Å². The second-order valence-electron chi connectivity index (χ2n) is 4.23. The Kier molecular flexibility index (Phi) is 5.10. The molecule has 0 N–H and O–H groups in total. The third-order valence-electron chi connectivity index (χ3n) is 2.93. The van der Waals surface area contributed by atoms with E-state index in [1.165, 1.54) is 20.3 Å². The Bertz CT molecular complexity index is 661. The highest BCUT2D eigenvalue weighted by molar-refractivity contribution is 6.37. The zero-order valence-corrected chi connectivity index (χ0v) is 13.0. The van der Waals surface area contributed by atoms with E-state index in [0.29, 0.717) is 32.7 Å². The standard InChI is InChI=1S/C16H13Cl2FO2/c1-20-11-5-3-10(16(19)9-11)4-6-13-14(17)7-12(21-2)8-15(13)18/h3-9H,1-2H3/b6-4-. The molecule has 0 aliphatic heterocycles. The van der Waals surface area contributed by atoms with Crippen LogP contribution in [0.25, 0.3) is 12.2 Å². The summed E-state index contributed by atoms with van der Waals surface area (Å²) < 4.78 is 23.9. The van der Waals surface area contributed by atoms with Gasteiger partial charge in [0.1, 0.15) is 17.3 Å². The Morgan fingerprint density at radius 2 is 1.52 bits per heavy atom. The van der Waals surface area contributed by atoms with Crippen molar-refractivity contribution >= 4 is 35.4 Å². The van der Waals surface area contributed by atoms with Gasteiger partial charge in [-0.1, -0.05) is 35.4 Å². The lowest BCUT2D eigenvalue weighted by Crippen LogP contribution is -1.88. The van der Waals surface area contributed by atoms with Gasteiger partial charge >= 0.3 is 0 Å². The summed E-state index contributed by atoms with van der Waals surface area (Å²) in [6.07, 6.45) is 3.27. The lowest BCUT2D eigenvalue weighted by atomic mass is 10.1. The Morgan fingerprint density at radius 3 is 2.05 bits per heavy atom. The molecule has 2 aromatic rings. The molecule has 2 rings (SSSR count). The first-order valence-electron chi connectivity index (χ1n) is 6.10. The summed E-state index contributed by atoms with van der Waals surface area (Å²) in [6.45, 7) is 0. The highest BCUT2D eigenvalue weighted by atomic mass is 35.5. The van der Waals surface area contributed by atoms with E-state index in [1.54, 1.807) is 36.4 Å². The Balaban J connectivity index is 2.33. The first-order valence-corrected chi connectivity index (χ1v) is 6.85. The molecule has 0 saturated carbocycles. The SMILES string of the molecule is COc1ccc(/C=C\c2c(Cl)cc(OC)cc2Cl)c(F)c1. The largest absolute Gasteiger partial charge is 0.497 e. The molecule has 0 bridgehead atoms. The van der Waals surface area contributed by atoms with Crippen LogP contribution in [-0.2, 0) is 0 Å². The molecule has 21 heavy (non-hydrogen) atoms. The van der Waals surface area contributed by atoms with Gasteiger partial charge in [-0.3, -0.25) is 0 Å². The van der Waals surface area contributed by atoms with Crippen molar-refractivity contribution in [3.8, 4) is 11.5 Å². The summed E-state index contributed by atoms with van der Waals surface area (Å²) in [6, 6.07) is 7.92. The lowest BCUT2D eigenvalue weighted by molar-refractivity contribution is 0.411. The van der Waals surface area contributed by atoms with Gasteiger partial charge in [0.05, 0.1) is 24.3 Å². The van der Waals surface area contributed by atoms with Crippen LogP contribution < -0.4 is 9.47 Å². The van der Waals surface area contributed by atoms with E-state index in [4.69, 9.17) is 32.7 Å². The second-order valence-corrected chi connectivity index (χ2v) is 5.04. The second kappa shape index (κ2) is 6.83. The first-order chi connectivity index (χ1) is 10.0. The zero-order chi connectivity index (χ0) is 15.4. The normalized spacial score (nSPS) is 10.9. The van der Waals surface area contributed by atoms with E-state index in [-0.39, 0.29) is 5.82 Å². The van der Waals surface area contributed by atoms with Crippen LogP contribution in [0.4, 0.5) is 4.39 Å². The minimum atomic E-state index is -0.383. The third-order valence-corrected chi connectivity index (χ3v) is 3.55. The molecule has 2 nitrogen and oxygen atoms in total. The maximum Gasteiger partial charge on any atom is 0.134 e. The summed E-state index contributed by atoms with van der Waals surface area (Å²) in [5.74, 6) is 0.647. The summed E-state index contributed by atoms with van der Waals surface area (Å²) in [7, 11) is 3.02. The lowest BCUT2D eigenvalue weighted by Gasteiger charge is -2.06. The van der Waals surface area contributed by atoms with E-state index >= 15 is 0 Å². The van der Waals surface area contributed by atoms with Gasteiger partial charge in [-0.15, -0.1) is 0 Å². The van der Waals surface area contributed by atoms with Gasteiger partial charge in [0.15, 0.2) is 0 Å². The summed E-state index contributed by atoms with van der Waals surface area (Å²) in [4.78, 5) is 0. The minimum Gasteiger partial charge on any atom is -0.497 e. The van der Waals surface area contributed by atoms with Crippen LogP contribution in [0.2, 0.25) is 10.0 Å². The van der Waals surface area contributed by atoms with E-state index in [1.807, 2.05) is 0 Å². The molecule has 0 fully saturated rings. The smallest absolute Gasteiger partial charge is 0.134 e. The van der Waals surface area contributed by atoms with Gasteiger partial charge in [-0.2, -0.15) is 0 Å². The fourth-order valence-corrected chi connectivity index (χ4v) is 2.37. The van der Waals surface area contributed by atoms with E-state index < -0.39 is 0 Å². The van der Waals surface area contributed by atoms with Gasteiger partial charge in [-0.25, -0.2) is 4.39 Å². The van der Waals surface area contributed by atoms with E-state index in [9.17, 15) is 4.39 Å². The highest BCUT2D eigenvalue weighted by Gasteiger charge is 2.07. The topological polar surface area (TPSA) is 18.5 Å². The monoisotopic (exact) mass is 326 g/mol. The fraction of sp³-hybridized carbons (Fsp3) is 0.125. The highest BCUT2D eigenvalue weighted by Crippen LogP contribution is 2.32.